The predicted molar refractivity (Wildman–Crippen MR) is 200 cm³/mol. The Morgan fingerprint density at radius 1 is 0.438 bits per heavy atom. The van der Waals surface area contributed by atoms with Crippen molar-refractivity contribution in [2.75, 3.05) is 4.90 Å². The fraction of sp³-hybridized carbons (Fsp3) is 0. The Kier molecular flexibility index (Phi) is 5.11. The molecule has 8 aromatic carbocycles. The molecule has 1 aliphatic heterocycles. The van der Waals surface area contributed by atoms with Crippen molar-refractivity contribution in [1.82, 2.24) is 9.55 Å². The van der Waals surface area contributed by atoms with Gasteiger partial charge in [0.05, 0.1) is 22.4 Å². The normalized spacial score (nSPS) is 12.5. The highest BCUT2D eigenvalue weighted by Crippen LogP contribution is 2.51. The van der Waals surface area contributed by atoms with Crippen LogP contribution in [0.1, 0.15) is 0 Å². The van der Waals surface area contributed by atoms with Gasteiger partial charge in [-0.05, 0) is 103 Å². The van der Waals surface area contributed by atoms with Crippen molar-refractivity contribution in [2.45, 2.75) is 0 Å². The van der Waals surface area contributed by atoms with Crippen molar-refractivity contribution in [3.8, 4) is 50.2 Å². The molecule has 0 fully saturated rings. The maximum absolute atomic E-state index is 5.34. The van der Waals surface area contributed by atoms with E-state index in [2.05, 4.69) is 173 Å². The molecule has 0 N–H and O–H groups in total. The van der Waals surface area contributed by atoms with Gasteiger partial charge in [0.15, 0.2) is 0 Å². The van der Waals surface area contributed by atoms with Crippen molar-refractivity contribution in [1.29, 1.82) is 0 Å². The number of nitrogens with zero attached hydrogens (tertiary/aromatic N) is 3. The highest BCUT2D eigenvalue weighted by molar-refractivity contribution is 6.16. The van der Waals surface area contributed by atoms with Crippen LogP contribution in [0.15, 0.2) is 164 Å². The quantitative estimate of drug-likeness (QED) is 0.194. The second kappa shape index (κ2) is 9.54. The lowest BCUT2D eigenvalue weighted by molar-refractivity contribution is 1.05. The van der Waals surface area contributed by atoms with E-state index in [9.17, 15) is 0 Å². The minimum absolute atomic E-state index is 0.880. The molecule has 0 unspecified atom stereocenters. The Hall–Kier alpha value is -6.45. The highest BCUT2D eigenvalue weighted by Gasteiger charge is 2.30. The topological polar surface area (TPSA) is 21.1 Å². The van der Waals surface area contributed by atoms with Gasteiger partial charge in [0.2, 0.25) is 5.95 Å². The summed E-state index contributed by atoms with van der Waals surface area (Å²) in [7, 11) is 0. The van der Waals surface area contributed by atoms with Gasteiger partial charge in [0, 0.05) is 16.8 Å². The van der Waals surface area contributed by atoms with Crippen LogP contribution in [0, 0.1) is 0 Å². The molecular weight excluding hydrogens is 583 g/mol. The first-order valence-electron chi connectivity index (χ1n) is 16.5. The summed E-state index contributed by atoms with van der Waals surface area (Å²) in [4.78, 5) is 7.70. The largest absolute Gasteiger partial charge is 0.280 e. The van der Waals surface area contributed by atoms with Gasteiger partial charge in [0.25, 0.3) is 0 Å². The van der Waals surface area contributed by atoms with Gasteiger partial charge in [-0.1, -0.05) is 115 Å². The molecule has 0 spiro atoms. The molecule has 3 nitrogen and oxygen atoms in total. The highest BCUT2D eigenvalue weighted by atomic mass is 15.3. The predicted octanol–water partition coefficient (Wildman–Crippen LogP) is 12.1. The smallest absolute Gasteiger partial charge is 0.220 e. The third-order valence-electron chi connectivity index (χ3n) is 10.2. The van der Waals surface area contributed by atoms with E-state index in [1.807, 2.05) is 0 Å². The maximum atomic E-state index is 5.34. The van der Waals surface area contributed by atoms with E-state index in [4.69, 9.17) is 4.98 Å². The standard InChI is InChI=1S/C45H27N3/c1-2-15-33-28(11-1)23-24-42-44(33)37-18-5-7-21-40(37)48-41-22-8-6-20-39(41)46-45(48)47(42)32-14-9-12-29(26-32)31-25-30-13-10-19-36-34-16-3-4-17-35(34)38(27-31)43(30)36/h1-27H. The van der Waals surface area contributed by atoms with Crippen LogP contribution >= 0.6 is 0 Å². The first-order valence-corrected chi connectivity index (χ1v) is 16.5. The number of anilines is 3. The van der Waals surface area contributed by atoms with Gasteiger partial charge in [-0.2, -0.15) is 0 Å². The average Bonchev–Trinajstić information content (AvgIpc) is 3.65. The fourth-order valence-corrected chi connectivity index (χ4v) is 8.18. The summed E-state index contributed by atoms with van der Waals surface area (Å²) in [5.41, 5.74) is 15.4. The summed E-state index contributed by atoms with van der Waals surface area (Å²) >= 11 is 0. The van der Waals surface area contributed by atoms with Crippen LogP contribution in [0.4, 0.5) is 17.3 Å². The number of aromatic nitrogens is 2. The molecule has 0 saturated heterocycles. The van der Waals surface area contributed by atoms with Crippen LogP contribution in [0.25, 0.3) is 82.8 Å². The first kappa shape index (κ1) is 25.7. The number of hydrogen-bond acceptors (Lipinski definition) is 2. The molecule has 1 aromatic heterocycles. The lowest BCUT2D eigenvalue weighted by atomic mass is 9.94. The Morgan fingerprint density at radius 2 is 1.17 bits per heavy atom. The van der Waals surface area contributed by atoms with Crippen LogP contribution in [-0.4, -0.2) is 9.55 Å². The molecule has 222 valence electrons. The Balaban J connectivity index is 1.19. The van der Waals surface area contributed by atoms with E-state index in [1.54, 1.807) is 0 Å². The third kappa shape index (κ3) is 3.45. The SMILES string of the molecule is c1cc(-c2cc3c4c(cccc4c2)-c2ccccc2-3)cc(N2c3ccc4ccccc4c3-c3ccccc3-n3c2nc2ccccc23)c1. The lowest BCUT2D eigenvalue weighted by Gasteiger charge is -2.26. The van der Waals surface area contributed by atoms with Gasteiger partial charge in [-0.25, -0.2) is 4.98 Å². The van der Waals surface area contributed by atoms with Gasteiger partial charge < -0.3 is 0 Å². The molecular formula is C45H27N3. The second-order valence-electron chi connectivity index (χ2n) is 12.8. The Bertz CT molecular complexity index is 2800. The van der Waals surface area contributed by atoms with Crippen molar-refractivity contribution in [2.24, 2.45) is 0 Å². The molecule has 11 rings (SSSR count). The zero-order valence-electron chi connectivity index (χ0n) is 25.9. The number of imidazole rings is 1. The van der Waals surface area contributed by atoms with Gasteiger partial charge in [0.1, 0.15) is 0 Å². The average molecular weight is 610 g/mol. The van der Waals surface area contributed by atoms with Crippen molar-refractivity contribution < 1.29 is 0 Å². The van der Waals surface area contributed by atoms with Crippen molar-refractivity contribution in [3.63, 3.8) is 0 Å². The van der Waals surface area contributed by atoms with E-state index in [1.165, 1.54) is 66.1 Å². The Morgan fingerprint density at radius 3 is 2.10 bits per heavy atom. The van der Waals surface area contributed by atoms with E-state index < -0.39 is 0 Å². The number of benzene rings is 8. The molecule has 2 heterocycles. The monoisotopic (exact) mass is 609 g/mol. The number of para-hydroxylation sites is 3. The Labute approximate surface area is 277 Å². The lowest BCUT2D eigenvalue weighted by Crippen LogP contribution is -2.14. The zero-order chi connectivity index (χ0) is 31.3. The van der Waals surface area contributed by atoms with Crippen molar-refractivity contribution in [3.05, 3.63) is 164 Å². The van der Waals surface area contributed by atoms with E-state index >= 15 is 0 Å². The van der Waals surface area contributed by atoms with Crippen LogP contribution in [-0.2, 0) is 0 Å². The molecule has 0 atom stereocenters. The molecule has 0 radical (unpaired) electrons. The number of fused-ring (bicyclic) bond motifs is 12. The summed E-state index contributed by atoms with van der Waals surface area (Å²) in [6, 6.07) is 59.6. The molecule has 2 aliphatic rings. The molecule has 9 aromatic rings. The summed E-state index contributed by atoms with van der Waals surface area (Å²) in [6.45, 7) is 0. The minimum atomic E-state index is 0.880. The van der Waals surface area contributed by atoms with Gasteiger partial charge in [-0.15, -0.1) is 0 Å². The van der Waals surface area contributed by atoms with Gasteiger partial charge >= 0.3 is 0 Å². The van der Waals surface area contributed by atoms with Gasteiger partial charge in [-0.3, -0.25) is 9.47 Å². The molecule has 1 aliphatic carbocycles. The van der Waals surface area contributed by atoms with E-state index in [0.717, 1.165) is 34.0 Å². The van der Waals surface area contributed by atoms with Crippen molar-refractivity contribution >= 4 is 49.9 Å². The number of rotatable bonds is 2. The third-order valence-corrected chi connectivity index (χ3v) is 10.2. The molecule has 48 heavy (non-hydrogen) atoms. The van der Waals surface area contributed by atoms with Crippen LogP contribution in [0.2, 0.25) is 0 Å². The molecule has 0 amide bonds. The summed E-state index contributed by atoms with van der Waals surface area (Å²) < 4.78 is 2.33. The zero-order valence-corrected chi connectivity index (χ0v) is 25.9. The molecule has 0 bridgehead atoms. The fourth-order valence-electron chi connectivity index (χ4n) is 8.18. The van der Waals surface area contributed by atoms with Crippen LogP contribution in [0.5, 0.6) is 0 Å². The van der Waals surface area contributed by atoms with E-state index in [0.29, 0.717) is 0 Å². The minimum Gasteiger partial charge on any atom is -0.280 e. The summed E-state index contributed by atoms with van der Waals surface area (Å²) in [6.07, 6.45) is 0. The van der Waals surface area contributed by atoms with E-state index in [-0.39, 0.29) is 0 Å². The first-order chi connectivity index (χ1) is 23.8. The molecule has 3 heteroatoms. The second-order valence-corrected chi connectivity index (χ2v) is 12.8. The number of hydrogen-bond donors (Lipinski definition) is 0. The maximum Gasteiger partial charge on any atom is 0.220 e. The summed E-state index contributed by atoms with van der Waals surface area (Å²) in [5.74, 6) is 0.880. The summed E-state index contributed by atoms with van der Waals surface area (Å²) in [5, 5.41) is 5.06. The molecule has 0 saturated carbocycles. The van der Waals surface area contributed by atoms with Crippen LogP contribution < -0.4 is 4.90 Å². The van der Waals surface area contributed by atoms with Crippen LogP contribution in [0.3, 0.4) is 0 Å².